The first kappa shape index (κ1) is 14.0. The zero-order chi connectivity index (χ0) is 12.7. The molecule has 3 nitrogen and oxygen atoms in total. The molecule has 0 saturated carbocycles. The summed E-state index contributed by atoms with van der Waals surface area (Å²) in [4.78, 5) is 6.31. The summed E-state index contributed by atoms with van der Waals surface area (Å²) in [5.41, 5.74) is 1.02. The van der Waals surface area contributed by atoms with E-state index in [1.807, 2.05) is 12.1 Å². The number of rotatable bonds is 6. The summed E-state index contributed by atoms with van der Waals surface area (Å²) in [6.07, 6.45) is 2.23. The molecular weight excluding hydrogens is 234 g/mol. The van der Waals surface area contributed by atoms with Crippen molar-refractivity contribution >= 4 is 11.6 Å². The van der Waals surface area contributed by atoms with Crippen LogP contribution in [0.4, 0.5) is 0 Å². The van der Waals surface area contributed by atoms with Crippen molar-refractivity contribution in [2.24, 2.45) is 5.92 Å². The molecule has 4 heteroatoms. The van der Waals surface area contributed by atoms with Crippen molar-refractivity contribution in [3.63, 3.8) is 0 Å². The fourth-order valence-corrected chi connectivity index (χ4v) is 1.92. The molecule has 0 N–H and O–H groups in total. The maximum Gasteiger partial charge on any atom is 0.133 e. The largest absolute Gasteiger partial charge is 0.298 e. The Hall–Kier alpha value is -1.11. The number of hydrogen-bond acceptors (Lipinski definition) is 3. The van der Waals surface area contributed by atoms with E-state index in [1.165, 1.54) is 0 Å². The quantitative estimate of drug-likeness (QED) is 0.730. The highest BCUT2D eigenvalue weighted by Crippen LogP contribution is 2.15. The molecule has 0 bridgehead atoms. The fraction of sp³-hybridized carbons (Fsp3) is 0.538. The van der Waals surface area contributed by atoms with Crippen molar-refractivity contribution in [1.29, 1.82) is 5.26 Å². The smallest absolute Gasteiger partial charge is 0.133 e. The highest BCUT2D eigenvalue weighted by molar-refractivity contribution is 6.30. The second-order valence-electron chi connectivity index (χ2n) is 4.49. The molecule has 0 amide bonds. The van der Waals surface area contributed by atoms with Crippen molar-refractivity contribution < 1.29 is 0 Å². The molecular formula is C13H18ClN3. The second-order valence-corrected chi connectivity index (χ2v) is 4.85. The zero-order valence-electron chi connectivity index (χ0n) is 10.4. The highest BCUT2D eigenvalue weighted by Gasteiger charge is 2.10. The maximum atomic E-state index is 8.65. The summed E-state index contributed by atoms with van der Waals surface area (Å²) in [5.74, 6) is 0.573. The topological polar surface area (TPSA) is 39.9 Å². The third kappa shape index (κ3) is 5.16. The number of aromatic nitrogens is 1. The average molecular weight is 252 g/mol. The minimum atomic E-state index is 0.546. The number of nitrogens with zero attached hydrogens (tertiary/aromatic N) is 3. The molecule has 92 valence electrons. The van der Waals surface area contributed by atoms with Gasteiger partial charge < -0.3 is 0 Å². The van der Waals surface area contributed by atoms with Crippen LogP contribution >= 0.6 is 11.6 Å². The lowest BCUT2D eigenvalue weighted by Crippen LogP contribution is -2.28. The van der Waals surface area contributed by atoms with Gasteiger partial charge in [-0.1, -0.05) is 31.5 Å². The SMILES string of the molecule is CC(C)CN(CCC#N)Cc1cccnc1Cl. The number of halogens is 1. The molecule has 0 aliphatic rings. The Balaban J connectivity index is 2.65. The molecule has 1 rings (SSSR count). The zero-order valence-corrected chi connectivity index (χ0v) is 11.1. The van der Waals surface area contributed by atoms with Crippen LogP contribution in [0.5, 0.6) is 0 Å². The van der Waals surface area contributed by atoms with Gasteiger partial charge in [0, 0.05) is 37.8 Å². The van der Waals surface area contributed by atoms with Crippen molar-refractivity contribution in [1.82, 2.24) is 9.88 Å². The number of pyridine rings is 1. The molecule has 0 aliphatic carbocycles. The van der Waals surface area contributed by atoms with Crippen LogP contribution < -0.4 is 0 Å². The minimum Gasteiger partial charge on any atom is -0.298 e. The van der Waals surface area contributed by atoms with Crippen LogP contribution in [0.3, 0.4) is 0 Å². The van der Waals surface area contributed by atoms with Crippen molar-refractivity contribution in [3.8, 4) is 6.07 Å². The van der Waals surface area contributed by atoms with Gasteiger partial charge in [-0.3, -0.25) is 4.90 Å². The average Bonchev–Trinajstić information content (AvgIpc) is 2.28. The predicted molar refractivity (Wildman–Crippen MR) is 69.6 cm³/mol. The Morgan fingerprint density at radius 1 is 1.53 bits per heavy atom. The second kappa shape index (κ2) is 7.26. The summed E-state index contributed by atoms with van der Waals surface area (Å²) < 4.78 is 0. The number of hydrogen-bond donors (Lipinski definition) is 0. The molecule has 17 heavy (non-hydrogen) atoms. The molecule has 0 fully saturated rings. The molecule has 0 unspecified atom stereocenters. The van der Waals surface area contributed by atoms with Gasteiger partial charge in [0.25, 0.3) is 0 Å². The molecule has 1 heterocycles. The van der Waals surface area contributed by atoms with E-state index in [-0.39, 0.29) is 0 Å². The van der Waals surface area contributed by atoms with Crippen LogP contribution in [-0.4, -0.2) is 23.0 Å². The molecule has 1 aromatic heterocycles. The van der Waals surface area contributed by atoms with Crippen LogP contribution in [-0.2, 0) is 6.54 Å². The van der Waals surface area contributed by atoms with Gasteiger partial charge in [-0.25, -0.2) is 4.98 Å². The molecule has 0 radical (unpaired) electrons. The first-order valence-electron chi connectivity index (χ1n) is 5.82. The van der Waals surface area contributed by atoms with Crippen LogP contribution in [0.25, 0.3) is 0 Å². The summed E-state index contributed by atoms with van der Waals surface area (Å²) in [6, 6.07) is 6.05. The van der Waals surface area contributed by atoms with Crippen LogP contribution in [0.1, 0.15) is 25.8 Å². The Morgan fingerprint density at radius 2 is 2.29 bits per heavy atom. The summed E-state index contributed by atoms with van der Waals surface area (Å²) in [6.45, 7) is 6.84. The van der Waals surface area contributed by atoms with E-state index in [0.717, 1.165) is 25.2 Å². The van der Waals surface area contributed by atoms with Gasteiger partial charge in [0.1, 0.15) is 5.15 Å². The third-order valence-electron chi connectivity index (χ3n) is 2.39. The van der Waals surface area contributed by atoms with Crippen LogP contribution in [0.2, 0.25) is 5.15 Å². The van der Waals surface area contributed by atoms with E-state index < -0.39 is 0 Å². The van der Waals surface area contributed by atoms with Gasteiger partial charge in [0.05, 0.1) is 6.07 Å². The summed E-state index contributed by atoms with van der Waals surface area (Å²) >= 11 is 6.04. The predicted octanol–water partition coefficient (Wildman–Crippen LogP) is 3.11. The molecule has 0 saturated heterocycles. The molecule has 0 atom stereocenters. The van der Waals surface area contributed by atoms with Gasteiger partial charge in [-0.05, 0) is 12.0 Å². The first-order chi connectivity index (χ1) is 8.13. The lowest BCUT2D eigenvalue weighted by molar-refractivity contribution is 0.241. The van der Waals surface area contributed by atoms with Crippen molar-refractivity contribution in [3.05, 3.63) is 29.0 Å². The third-order valence-corrected chi connectivity index (χ3v) is 2.73. The van der Waals surface area contributed by atoms with Gasteiger partial charge in [0.2, 0.25) is 0 Å². The summed E-state index contributed by atoms with van der Waals surface area (Å²) in [5, 5.41) is 9.21. The summed E-state index contributed by atoms with van der Waals surface area (Å²) in [7, 11) is 0. The Kier molecular flexibility index (Phi) is 5.96. The first-order valence-corrected chi connectivity index (χ1v) is 6.20. The highest BCUT2D eigenvalue weighted by atomic mass is 35.5. The van der Waals surface area contributed by atoms with Gasteiger partial charge >= 0.3 is 0 Å². The van der Waals surface area contributed by atoms with E-state index in [1.54, 1.807) is 6.20 Å². The molecule has 0 aliphatic heterocycles. The monoisotopic (exact) mass is 251 g/mol. The molecule has 0 aromatic carbocycles. The van der Waals surface area contributed by atoms with Crippen LogP contribution in [0.15, 0.2) is 18.3 Å². The van der Waals surface area contributed by atoms with E-state index in [4.69, 9.17) is 16.9 Å². The van der Waals surface area contributed by atoms with Crippen LogP contribution in [0, 0.1) is 17.2 Å². The standard InChI is InChI=1S/C13H18ClN3/c1-11(2)9-17(8-4-6-15)10-12-5-3-7-16-13(12)14/h3,5,7,11H,4,8-10H2,1-2H3. The Morgan fingerprint density at radius 3 is 2.88 bits per heavy atom. The van der Waals surface area contributed by atoms with E-state index >= 15 is 0 Å². The van der Waals surface area contributed by atoms with E-state index in [0.29, 0.717) is 17.5 Å². The van der Waals surface area contributed by atoms with Gasteiger partial charge in [-0.15, -0.1) is 0 Å². The molecule has 1 aromatic rings. The van der Waals surface area contributed by atoms with E-state index in [9.17, 15) is 0 Å². The van der Waals surface area contributed by atoms with Gasteiger partial charge in [0.15, 0.2) is 0 Å². The lowest BCUT2D eigenvalue weighted by atomic mass is 10.2. The van der Waals surface area contributed by atoms with Gasteiger partial charge in [-0.2, -0.15) is 5.26 Å². The Labute approximate surface area is 108 Å². The number of nitriles is 1. The Bertz CT molecular complexity index is 384. The van der Waals surface area contributed by atoms with Crippen molar-refractivity contribution in [2.45, 2.75) is 26.8 Å². The van der Waals surface area contributed by atoms with Crippen molar-refractivity contribution in [2.75, 3.05) is 13.1 Å². The maximum absolute atomic E-state index is 8.65. The lowest BCUT2D eigenvalue weighted by Gasteiger charge is -2.23. The normalized spacial score (nSPS) is 10.8. The fourth-order valence-electron chi connectivity index (χ4n) is 1.74. The van der Waals surface area contributed by atoms with E-state index in [2.05, 4.69) is 29.8 Å². The molecule has 0 spiro atoms. The minimum absolute atomic E-state index is 0.546.